The number of carbonyl (C=O) groups excluding carboxylic acids is 1. The van der Waals surface area contributed by atoms with Crippen molar-refractivity contribution in [2.75, 3.05) is 0 Å². The lowest BCUT2D eigenvalue weighted by Gasteiger charge is -2.32. The molecule has 0 aromatic carbocycles. The van der Waals surface area contributed by atoms with E-state index in [-0.39, 0.29) is 5.97 Å². The monoisotopic (exact) mass is 268 g/mol. The third-order valence-electron chi connectivity index (χ3n) is 3.38. The van der Waals surface area contributed by atoms with Crippen LogP contribution in [0.25, 0.3) is 0 Å². The molecule has 1 saturated heterocycles. The number of rotatable bonds is 2. The van der Waals surface area contributed by atoms with E-state index in [1.165, 1.54) is 6.08 Å². The summed E-state index contributed by atoms with van der Waals surface area (Å²) in [5.74, 6) is -0.375. The molecule has 1 heterocycles. The van der Waals surface area contributed by atoms with Crippen LogP contribution in [-0.2, 0) is 18.8 Å². The Morgan fingerprint density at radius 2 is 1.53 bits per heavy atom. The molecule has 4 nitrogen and oxygen atoms in total. The fraction of sp³-hybridized carbons (Fsp3) is 0.786. The third-order valence-corrected chi connectivity index (χ3v) is 3.38. The smallest absolute Gasteiger partial charge is 0.457 e. The summed E-state index contributed by atoms with van der Waals surface area (Å²) in [5, 5.41) is 0. The molecule has 0 N–H and O–H groups in total. The van der Waals surface area contributed by atoms with Gasteiger partial charge in [0.05, 0.1) is 11.2 Å². The highest BCUT2D eigenvalue weighted by molar-refractivity contribution is 6.54. The molecule has 1 aliphatic rings. The van der Waals surface area contributed by atoms with Gasteiger partial charge in [-0.1, -0.05) is 0 Å². The molecule has 0 aromatic rings. The zero-order chi connectivity index (χ0) is 15.1. The summed E-state index contributed by atoms with van der Waals surface area (Å²) in [7, 11) is -0.502. The van der Waals surface area contributed by atoms with Gasteiger partial charge in [-0.3, -0.25) is 0 Å². The molecule has 1 rings (SSSR count). The van der Waals surface area contributed by atoms with Gasteiger partial charge in [-0.15, -0.1) is 0 Å². The average Bonchev–Trinajstić information content (AvgIpc) is 2.32. The Morgan fingerprint density at radius 1 is 1.11 bits per heavy atom. The third kappa shape index (κ3) is 4.08. The maximum atomic E-state index is 11.7. The lowest BCUT2D eigenvalue weighted by molar-refractivity contribution is -0.148. The molecule has 19 heavy (non-hydrogen) atoms. The first kappa shape index (κ1) is 16.2. The van der Waals surface area contributed by atoms with Crippen molar-refractivity contribution in [3.63, 3.8) is 0 Å². The number of ether oxygens (including phenoxy) is 1. The molecule has 0 bridgehead atoms. The van der Waals surface area contributed by atoms with Gasteiger partial charge in [-0.05, 0) is 60.9 Å². The van der Waals surface area contributed by atoms with Crippen LogP contribution in [0.2, 0.25) is 0 Å². The van der Waals surface area contributed by atoms with Gasteiger partial charge < -0.3 is 14.0 Å². The summed E-state index contributed by atoms with van der Waals surface area (Å²) in [5.41, 5.74) is -0.585. The molecule has 0 amide bonds. The Labute approximate surface area is 116 Å². The highest BCUT2D eigenvalue weighted by atomic mass is 16.7. The summed E-state index contributed by atoms with van der Waals surface area (Å²) in [6.45, 7) is 15.2. The largest absolute Gasteiger partial charge is 0.490 e. The minimum absolute atomic E-state index is 0.375. The quantitative estimate of drug-likeness (QED) is 0.439. The van der Waals surface area contributed by atoms with Gasteiger partial charge in [0.25, 0.3) is 0 Å². The summed E-state index contributed by atoms with van der Waals surface area (Å²) in [6, 6.07) is 0. The van der Waals surface area contributed by atoms with E-state index in [2.05, 4.69) is 0 Å². The summed E-state index contributed by atoms with van der Waals surface area (Å²) in [4.78, 5) is 11.7. The van der Waals surface area contributed by atoms with Gasteiger partial charge in [0.1, 0.15) is 5.60 Å². The molecule has 5 heteroatoms. The maximum Gasteiger partial charge on any atom is 0.490 e. The number of hydrogen-bond donors (Lipinski definition) is 0. The van der Waals surface area contributed by atoms with Crippen LogP contribution in [0.4, 0.5) is 0 Å². The predicted molar refractivity (Wildman–Crippen MR) is 75.7 cm³/mol. The normalized spacial score (nSPS) is 22.5. The van der Waals surface area contributed by atoms with Crippen LogP contribution in [0, 0.1) is 0 Å². The number of allylic oxidation sites excluding steroid dienone is 1. The number of carbonyl (C=O) groups is 1. The molecule has 0 unspecified atom stereocenters. The van der Waals surface area contributed by atoms with Crippen molar-refractivity contribution in [3.05, 3.63) is 11.5 Å². The first-order valence-corrected chi connectivity index (χ1v) is 6.61. The van der Waals surface area contributed by atoms with Crippen LogP contribution in [-0.4, -0.2) is 29.9 Å². The van der Waals surface area contributed by atoms with Crippen molar-refractivity contribution >= 4 is 13.1 Å². The molecular formula is C14H25BO4. The van der Waals surface area contributed by atoms with Gasteiger partial charge in [0, 0.05) is 6.08 Å². The van der Waals surface area contributed by atoms with Crippen LogP contribution < -0.4 is 0 Å². The van der Waals surface area contributed by atoms with Crippen LogP contribution in [0.5, 0.6) is 0 Å². The second kappa shape index (κ2) is 4.95. The predicted octanol–water partition coefficient (Wildman–Crippen LogP) is 2.91. The van der Waals surface area contributed by atoms with Crippen molar-refractivity contribution in [2.45, 2.75) is 72.2 Å². The Morgan fingerprint density at radius 3 is 1.89 bits per heavy atom. The van der Waals surface area contributed by atoms with Gasteiger partial charge in [-0.2, -0.15) is 0 Å². The van der Waals surface area contributed by atoms with Gasteiger partial charge in [0.15, 0.2) is 0 Å². The molecule has 1 fully saturated rings. The maximum absolute atomic E-state index is 11.7. The molecule has 108 valence electrons. The van der Waals surface area contributed by atoms with Crippen LogP contribution in [0.3, 0.4) is 0 Å². The first-order chi connectivity index (χ1) is 8.34. The minimum atomic E-state index is -0.502. The molecule has 0 spiro atoms. The lowest BCUT2D eigenvalue weighted by atomic mass is 9.79. The zero-order valence-electron chi connectivity index (χ0n) is 13.3. The molecule has 0 atom stereocenters. The van der Waals surface area contributed by atoms with Crippen LogP contribution in [0.1, 0.15) is 55.4 Å². The fourth-order valence-electron chi connectivity index (χ4n) is 1.61. The van der Waals surface area contributed by atoms with E-state index < -0.39 is 23.9 Å². The van der Waals surface area contributed by atoms with Crippen molar-refractivity contribution in [2.24, 2.45) is 0 Å². The fourth-order valence-corrected chi connectivity index (χ4v) is 1.61. The zero-order valence-corrected chi connectivity index (χ0v) is 13.3. The molecule has 0 saturated carbocycles. The lowest BCUT2D eigenvalue weighted by Crippen LogP contribution is -2.41. The first-order valence-electron chi connectivity index (χ1n) is 6.61. The van der Waals surface area contributed by atoms with Crippen molar-refractivity contribution in [1.82, 2.24) is 0 Å². The van der Waals surface area contributed by atoms with E-state index >= 15 is 0 Å². The summed E-state index contributed by atoms with van der Waals surface area (Å²) < 4.78 is 17.0. The Bertz CT molecular complexity index is 375. The van der Waals surface area contributed by atoms with E-state index in [0.29, 0.717) is 5.47 Å². The summed E-state index contributed by atoms with van der Waals surface area (Å²) in [6.07, 6.45) is 1.44. The second-order valence-corrected chi connectivity index (χ2v) is 7.01. The molecule has 0 radical (unpaired) electrons. The Balaban J connectivity index is 2.75. The van der Waals surface area contributed by atoms with E-state index in [9.17, 15) is 4.79 Å². The van der Waals surface area contributed by atoms with Crippen molar-refractivity contribution < 1.29 is 18.8 Å². The highest BCUT2D eigenvalue weighted by Crippen LogP contribution is 2.38. The molecular weight excluding hydrogens is 243 g/mol. The SMILES string of the molecule is C/C(=C/C(=O)OC(C)(C)C)B1OC(C)(C)C(C)(C)O1. The highest BCUT2D eigenvalue weighted by Gasteiger charge is 2.51. The van der Waals surface area contributed by atoms with Crippen LogP contribution >= 0.6 is 0 Å². The van der Waals surface area contributed by atoms with Gasteiger partial charge >= 0.3 is 13.1 Å². The summed E-state index contributed by atoms with van der Waals surface area (Å²) >= 11 is 0. The molecule has 0 aromatic heterocycles. The van der Waals surface area contributed by atoms with E-state index in [1.54, 1.807) is 0 Å². The van der Waals surface area contributed by atoms with Gasteiger partial charge in [0.2, 0.25) is 0 Å². The van der Waals surface area contributed by atoms with Crippen molar-refractivity contribution in [1.29, 1.82) is 0 Å². The van der Waals surface area contributed by atoms with Gasteiger partial charge in [-0.25, -0.2) is 4.79 Å². The van der Waals surface area contributed by atoms with E-state index in [1.807, 2.05) is 55.4 Å². The second-order valence-electron chi connectivity index (χ2n) is 7.01. The van der Waals surface area contributed by atoms with Crippen molar-refractivity contribution in [3.8, 4) is 0 Å². The van der Waals surface area contributed by atoms with Crippen LogP contribution in [0.15, 0.2) is 11.5 Å². The topological polar surface area (TPSA) is 44.8 Å². The minimum Gasteiger partial charge on any atom is -0.457 e. The number of esters is 1. The Kier molecular flexibility index (Phi) is 4.23. The molecule has 0 aliphatic carbocycles. The standard InChI is InChI=1S/C14H25BO4/c1-10(9-11(16)17-12(2,3)4)15-18-13(5,6)14(7,8)19-15/h9H,1-8H3/b10-9-. The Hall–Kier alpha value is -0.805. The number of hydrogen-bond acceptors (Lipinski definition) is 4. The van der Waals surface area contributed by atoms with E-state index in [0.717, 1.165) is 0 Å². The average molecular weight is 268 g/mol. The molecule has 1 aliphatic heterocycles. The van der Waals surface area contributed by atoms with E-state index in [4.69, 9.17) is 14.0 Å².